The zero-order chi connectivity index (χ0) is 18.1. The summed E-state index contributed by atoms with van der Waals surface area (Å²) in [5.41, 5.74) is 2.71. The number of aromatic amines is 1. The number of fused-ring (bicyclic) bond motifs is 1. The number of amides is 1. The Kier molecular flexibility index (Phi) is 4.70. The molecule has 6 heteroatoms. The number of imidazole rings is 1. The molecule has 26 heavy (non-hydrogen) atoms. The van der Waals surface area contributed by atoms with E-state index in [9.17, 15) is 4.79 Å². The number of hydrogen-bond donors (Lipinski definition) is 1. The maximum absolute atomic E-state index is 12.7. The second-order valence-corrected chi connectivity index (χ2v) is 7.24. The Bertz CT molecular complexity index is 942. The highest BCUT2D eigenvalue weighted by Gasteiger charge is 2.31. The van der Waals surface area contributed by atoms with E-state index in [1.54, 1.807) is 30.4 Å². The van der Waals surface area contributed by atoms with Gasteiger partial charge in [-0.25, -0.2) is 4.98 Å². The first-order valence-electron chi connectivity index (χ1n) is 8.49. The Morgan fingerprint density at radius 1 is 1.19 bits per heavy atom. The molecule has 0 aliphatic carbocycles. The number of halogens is 2. The summed E-state index contributed by atoms with van der Waals surface area (Å²) in [6.07, 6.45) is 5.18. The highest BCUT2D eigenvalue weighted by molar-refractivity contribution is 6.34. The molecule has 1 fully saturated rings. The number of nitrogens with zero attached hydrogens (tertiary/aromatic N) is 2. The quantitative estimate of drug-likeness (QED) is 0.626. The molecule has 132 valence electrons. The Balaban J connectivity index is 1.55. The van der Waals surface area contributed by atoms with Crippen LogP contribution in [-0.2, 0) is 4.79 Å². The van der Waals surface area contributed by atoms with Crippen molar-refractivity contribution < 1.29 is 4.79 Å². The van der Waals surface area contributed by atoms with Crippen LogP contribution in [0.2, 0.25) is 10.0 Å². The van der Waals surface area contributed by atoms with Gasteiger partial charge in [-0.1, -0.05) is 35.3 Å². The number of likely N-dealkylation sites (tertiary alicyclic amines) is 1. The predicted octanol–water partition coefficient (Wildman–Crippen LogP) is 5.25. The van der Waals surface area contributed by atoms with Crippen molar-refractivity contribution in [1.82, 2.24) is 14.9 Å². The lowest BCUT2D eigenvalue weighted by atomic mass is 10.2. The number of carbonyl (C=O) groups is 1. The second-order valence-electron chi connectivity index (χ2n) is 6.36. The molecular weight excluding hydrogens is 369 g/mol. The minimum Gasteiger partial charge on any atom is -0.340 e. The standard InChI is InChI=1S/C20H17Cl2N3O/c21-14-10-13(11-15(22)12-14)7-8-19(26)25-9-3-6-18(25)20-23-16-4-1-2-5-17(16)24-20/h1-2,4-5,7-8,10-12,18H,3,6,9H2,(H,23,24)/b8-7+/t18-/m1/s1. The molecule has 1 aromatic heterocycles. The van der Waals surface area contributed by atoms with Gasteiger partial charge in [-0.15, -0.1) is 0 Å². The summed E-state index contributed by atoms with van der Waals surface area (Å²) in [6.45, 7) is 0.723. The Labute approximate surface area is 161 Å². The molecule has 2 heterocycles. The van der Waals surface area contributed by atoms with E-state index in [1.165, 1.54) is 0 Å². The van der Waals surface area contributed by atoms with Crippen LogP contribution in [-0.4, -0.2) is 27.3 Å². The van der Waals surface area contributed by atoms with Gasteiger partial charge in [0.25, 0.3) is 0 Å². The van der Waals surface area contributed by atoms with Crippen molar-refractivity contribution in [2.75, 3.05) is 6.54 Å². The van der Waals surface area contributed by atoms with Crippen LogP contribution in [0, 0.1) is 0 Å². The topological polar surface area (TPSA) is 49.0 Å². The molecule has 1 aliphatic rings. The SMILES string of the molecule is O=C(/C=C/c1cc(Cl)cc(Cl)c1)N1CCC[C@@H]1c1nc2ccccc2[nH]1. The van der Waals surface area contributed by atoms with Crippen LogP contribution in [0.25, 0.3) is 17.1 Å². The lowest BCUT2D eigenvalue weighted by Crippen LogP contribution is -2.29. The van der Waals surface area contributed by atoms with Crippen molar-refractivity contribution in [2.45, 2.75) is 18.9 Å². The van der Waals surface area contributed by atoms with E-state index in [0.717, 1.165) is 41.8 Å². The van der Waals surface area contributed by atoms with E-state index < -0.39 is 0 Å². The van der Waals surface area contributed by atoms with Gasteiger partial charge in [0, 0.05) is 22.7 Å². The minimum absolute atomic E-state index is 0.0255. The van der Waals surface area contributed by atoms with Gasteiger partial charge in [-0.3, -0.25) is 4.79 Å². The average Bonchev–Trinajstić information content (AvgIpc) is 3.25. The summed E-state index contributed by atoms with van der Waals surface area (Å²) in [4.78, 5) is 22.6. The maximum Gasteiger partial charge on any atom is 0.247 e. The van der Waals surface area contributed by atoms with Gasteiger partial charge in [-0.2, -0.15) is 0 Å². The number of nitrogens with one attached hydrogen (secondary N) is 1. The summed E-state index contributed by atoms with van der Waals surface area (Å²) in [5, 5.41) is 1.09. The van der Waals surface area contributed by atoms with Crippen molar-refractivity contribution in [3.05, 3.63) is 70.0 Å². The second kappa shape index (κ2) is 7.14. The molecule has 1 amide bonds. The molecule has 4 nitrogen and oxygen atoms in total. The van der Waals surface area contributed by atoms with Crippen molar-refractivity contribution >= 4 is 46.2 Å². The highest BCUT2D eigenvalue weighted by atomic mass is 35.5. The monoisotopic (exact) mass is 385 g/mol. The van der Waals surface area contributed by atoms with Crippen molar-refractivity contribution in [1.29, 1.82) is 0 Å². The number of carbonyl (C=O) groups excluding carboxylic acids is 1. The molecule has 2 aromatic carbocycles. The third kappa shape index (κ3) is 3.48. The molecule has 3 aromatic rings. The zero-order valence-electron chi connectivity index (χ0n) is 14.0. The summed E-state index contributed by atoms with van der Waals surface area (Å²) in [5.74, 6) is 0.806. The fourth-order valence-electron chi connectivity index (χ4n) is 3.38. The lowest BCUT2D eigenvalue weighted by Gasteiger charge is -2.21. The molecule has 0 bridgehead atoms. The Morgan fingerprint density at radius 2 is 1.96 bits per heavy atom. The fourth-order valence-corrected chi connectivity index (χ4v) is 3.92. The molecule has 0 unspecified atom stereocenters. The Hall–Kier alpha value is -2.30. The van der Waals surface area contributed by atoms with Gasteiger partial charge in [0.05, 0.1) is 17.1 Å². The normalized spacial score (nSPS) is 17.5. The molecule has 0 saturated carbocycles. The number of para-hydroxylation sites is 2. The summed E-state index contributed by atoms with van der Waals surface area (Å²) in [7, 11) is 0. The molecule has 1 saturated heterocycles. The number of benzene rings is 2. The lowest BCUT2D eigenvalue weighted by molar-refractivity contribution is -0.126. The molecule has 4 rings (SSSR count). The number of aromatic nitrogens is 2. The minimum atomic E-state index is -0.0379. The Morgan fingerprint density at radius 3 is 2.73 bits per heavy atom. The molecule has 1 N–H and O–H groups in total. The van der Waals surface area contributed by atoms with Gasteiger partial charge in [0.1, 0.15) is 5.82 Å². The van der Waals surface area contributed by atoms with Crippen LogP contribution in [0.15, 0.2) is 48.5 Å². The van der Waals surface area contributed by atoms with Crippen molar-refractivity contribution in [3.63, 3.8) is 0 Å². The van der Waals surface area contributed by atoms with Gasteiger partial charge in [0.15, 0.2) is 0 Å². The smallest absolute Gasteiger partial charge is 0.247 e. The van der Waals surface area contributed by atoms with Gasteiger partial charge < -0.3 is 9.88 Å². The van der Waals surface area contributed by atoms with Crippen molar-refractivity contribution in [3.8, 4) is 0 Å². The predicted molar refractivity (Wildman–Crippen MR) is 105 cm³/mol. The fraction of sp³-hybridized carbons (Fsp3) is 0.200. The number of hydrogen-bond acceptors (Lipinski definition) is 2. The molecule has 0 spiro atoms. The largest absolute Gasteiger partial charge is 0.340 e. The highest BCUT2D eigenvalue weighted by Crippen LogP contribution is 2.31. The van der Waals surface area contributed by atoms with Crippen LogP contribution < -0.4 is 0 Å². The van der Waals surface area contributed by atoms with Crippen LogP contribution >= 0.6 is 23.2 Å². The first kappa shape index (κ1) is 17.1. The van der Waals surface area contributed by atoms with Gasteiger partial charge >= 0.3 is 0 Å². The molecule has 0 radical (unpaired) electrons. The van der Waals surface area contributed by atoms with Crippen LogP contribution in [0.3, 0.4) is 0 Å². The van der Waals surface area contributed by atoms with Crippen LogP contribution in [0.5, 0.6) is 0 Å². The van der Waals surface area contributed by atoms with E-state index >= 15 is 0 Å². The van der Waals surface area contributed by atoms with Crippen LogP contribution in [0.4, 0.5) is 0 Å². The van der Waals surface area contributed by atoms with E-state index in [1.807, 2.05) is 29.2 Å². The first-order chi connectivity index (χ1) is 12.6. The van der Waals surface area contributed by atoms with Gasteiger partial charge in [0.2, 0.25) is 5.91 Å². The zero-order valence-corrected chi connectivity index (χ0v) is 15.5. The summed E-state index contributed by atoms with van der Waals surface area (Å²) < 4.78 is 0. The molecular formula is C20H17Cl2N3O. The van der Waals surface area contributed by atoms with E-state index in [2.05, 4.69) is 9.97 Å². The van der Waals surface area contributed by atoms with Gasteiger partial charge in [-0.05, 0) is 54.8 Å². The number of rotatable bonds is 3. The average molecular weight is 386 g/mol. The van der Waals surface area contributed by atoms with E-state index in [0.29, 0.717) is 10.0 Å². The van der Waals surface area contributed by atoms with E-state index in [-0.39, 0.29) is 11.9 Å². The molecule has 1 aliphatic heterocycles. The molecule has 1 atom stereocenters. The number of H-pyrrole nitrogens is 1. The first-order valence-corrected chi connectivity index (χ1v) is 9.25. The summed E-state index contributed by atoms with van der Waals surface area (Å²) >= 11 is 12.0. The van der Waals surface area contributed by atoms with E-state index in [4.69, 9.17) is 23.2 Å². The third-order valence-corrected chi connectivity index (χ3v) is 5.00. The third-order valence-electron chi connectivity index (χ3n) is 4.56. The van der Waals surface area contributed by atoms with Crippen LogP contribution in [0.1, 0.15) is 30.3 Å². The maximum atomic E-state index is 12.7. The summed E-state index contributed by atoms with van der Waals surface area (Å²) in [6, 6.07) is 13.1. The van der Waals surface area contributed by atoms with Crippen molar-refractivity contribution in [2.24, 2.45) is 0 Å².